The van der Waals surface area contributed by atoms with Crippen LogP contribution in [0.2, 0.25) is 0 Å². The number of piperidine rings is 1. The SMILES string of the molecule is C[C@@H](c1ccc[nH]1)N1CCCC[C@H]1CN. The molecule has 3 nitrogen and oxygen atoms in total. The number of hydrogen-bond acceptors (Lipinski definition) is 2. The van der Waals surface area contributed by atoms with E-state index < -0.39 is 0 Å². The number of aromatic nitrogens is 1. The quantitative estimate of drug-likeness (QED) is 0.795. The standard InChI is InChI=1S/C12H21N3/c1-10(12-6-4-7-14-12)15-8-3-2-5-11(15)9-13/h4,6-7,10-11,14H,2-3,5,8-9,13H2,1H3/t10-,11-/m0/s1. The van der Waals surface area contributed by atoms with Crippen LogP contribution in [0, 0.1) is 0 Å². The molecule has 0 aromatic carbocycles. The van der Waals surface area contributed by atoms with Crippen molar-refractivity contribution in [1.82, 2.24) is 9.88 Å². The van der Waals surface area contributed by atoms with Gasteiger partial charge < -0.3 is 10.7 Å². The predicted octanol–water partition coefficient (Wildman–Crippen LogP) is 1.89. The van der Waals surface area contributed by atoms with Crippen molar-refractivity contribution in [2.45, 2.75) is 38.3 Å². The topological polar surface area (TPSA) is 45.0 Å². The summed E-state index contributed by atoms with van der Waals surface area (Å²) < 4.78 is 0. The van der Waals surface area contributed by atoms with Gasteiger partial charge in [0.05, 0.1) is 0 Å². The second kappa shape index (κ2) is 4.81. The van der Waals surface area contributed by atoms with Gasteiger partial charge in [-0.15, -0.1) is 0 Å². The molecule has 1 aliphatic rings. The van der Waals surface area contributed by atoms with Crippen molar-refractivity contribution in [3.8, 4) is 0 Å². The number of hydrogen-bond donors (Lipinski definition) is 2. The van der Waals surface area contributed by atoms with Gasteiger partial charge in [0.15, 0.2) is 0 Å². The van der Waals surface area contributed by atoms with E-state index in [0.29, 0.717) is 12.1 Å². The molecule has 2 heterocycles. The van der Waals surface area contributed by atoms with E-state index in [0.717, 1.165) is 6.54 Å². The van der Waals surface area contributed by atoms with E-state index in [4.69, 9.17) is 5.73 Å². The zero-order valence-corrected chi connectivity index (χ0v) is 9.45. The van der Waals surface area contributed by atoms with Crippen LogP contribution in [0.4, 0.5) is 0 Å². The molecule has 1 saturated heterocycles. The molecular weight excluding hydrogens is 186 g/mol. The summed E-state index contributed by atoms with van der Waals surface area (Å²) in [7, 11) is 0. The van der Waals surface area contributed by atoms with E-state index in [1.807, 2.05) is 6.20 Å². The van der Waals surface area contributed by atoms with Crippen LogP contribution in [-0.4, -0.2) is 29.0 Å². The van der Waals surface area contributed by atoms with Crippen LogP contribution in [-0.2, 0) is 0 Å². The zero-order valence-electron chi connectivity index (χ0n) is 9.45. The Kier molecular flexibility index (Phi) is 3.44. The maximum Gasteiger partial charge on any atom is 0.0473 e. The van der Waals surface area contributed by atoms with Crippen LogP contribution in [0.3, 0.4) is 0 Å². The Morgan fingerprint density at radius 2 is 2.47 bits per heavy atom. The maximum atomic E-state index is 5.83. The molecule has 3 heteroatoms. The Labute approximate surface area is 91.7 Å². The third-order valence-electron chi connectivity index (χ3n) is 3.51. The van der Waals surface area contributed by atoms with Gasteiger partial charge in [-0.25, -0.2) is 0 Å². The molecule has 1 aromatic heterocycles. The average molecular weight is 207 g/mol. The highest BCUT2D eigenvalue weighted by Crippen LogP contribution is 2.26. The highest BCUT2D eigenvalue weighted by molar-refractivity contribution is 5.09. The molecule has 0 saturated carbocycles. The molecule has 0 aliphatic carbocycles. The number of nitrogens with two attached hydrogens (primary N) is 1. The third kappa shape index (κ3) is 2.24. The molecular formula is C12H21N3. The highest BCUT2D eigenvalue weighted by atomic mass is 15.2. The van der Waals surface area contributed by atoms with Crippen molar-refractivity contribution in [3.05, 3.63) is 24.0 Å². The maximum absolute atomic E-state index is 5.83. The number of rotatable bonds is 3. The summed E-state index contributed by atoms with van der Waals surface area (Å²) in [6.45, 7) is 4.23. The van der Waals surface area contributed by atoms with Gasteiger partial charge in [-0.3, -0.25) is 4.90 Å². The number of nitrogens with one attached hydrogen (secondary N) is 1. The van der Waals surface area contributed by atoms with Gasteiger partial charge in [-0.05, 0) is 38.4 Å². The van der Waals surface area contributed by atoms with E-state index in [2.05, 4.69) is 28.9 Å². The van der Waals surface area contributed by atoms with Crippen molar-refractivity contribution in [3.63, 3.8) is 0 Å². The number of aromatic amines is 1. The summed E-state index contributed by atoms with van der Waals surface area (Å²) in [6.07, 6.45) is 5.88. The predicted molar refractivity (Wildman–Crippen MR) is 62.6 cm³/mol. The van der Waals surface area contributed by atoms with Gasteiger partial charge in [0.2, 0.25) is 0 Å². The molecule has 1 fully saturated rings. The van der Waals surface area contributed by atoms with Gasteiger partial charge >= 0.3 is 0 Å². The molecule has 15 heavy (non-hydrogen) atoms. The summed E-state index contributed by atoms with van der Waals surface area (Å²) in [6, 6.07) is 5.26. The Morgan fingerprint density at radius 3 is 3.13 bits per heavy atom. The van der Waals surface area contributed by atoms with E-state index >= 15 is 0 Å². The Bertz CT molecular complexity index is 281. The van der Waals surface area contributed by atoms with E-state index in [9.17, 15) is 0 Å². The number of likely N-dealkylation sites (tertiary alicyclic amines) is 1. The lowest BCUT2D eigenvalue weighted by Gasteiger charge is -2.39. The molecule has 84 valence electrons. The van der Waals surface area contributed by atoms with Crippen molar-refractivity contribution in [2.75, 3.05) is 13.1 Å². The first-order valence-electron chi connectivity index (χ1n) is 5.92. The Hall–Kier alpha value is -0.800. The lowest BCUT2D eigenvalue weighted by atomic mass is 9.99. The first-order chi connectivity index (χ1) is 7.33. The first kappa shape index (κ1) is 10.7. The molecule has 0 unspecified atom stereocenters. The molecule has 3 N–H and O–H groups in total. The normalized spacial score (nSPS) is 25.3. The molecule has 0 radical (unpaired) electrons. The van der Waals surface area contributed by atoms with E-state index in [1.54, 1.807) is 0 Å². The summed E-state index contributed by atoms with van der Waals surface area (Å²) in [5, 5.41) is 0. The van der Waals surface area contributed by atoms with Gasteiger partial charge in [-0.1, -0.05) is 6.42 Å². The van der Waals surface area contributed by atoms with Crippen molar-refractivity contribution >= 4 is 0 Å². The van der Waals surface area contributed by atoms with Crippen LogP contribution >= 0.6 is 0 Å². The molecule has 1 aliphatic heterocycles. The van der Waals surface area contributed by atoms with Gasteiger partial charge in [-0.2, -0.15) is 0 Å². The second-order valence-electron chi connectivity index (χ2n) is 4.42. The van der Waals surface area contributed by atoms with Crippen LogP contribution in [0.5, 0.6) is 0 Å². The molecule has 2 atom stereocenters. The lowest BCUT2D eigenvalue weighted by molar-refractivity contribution is 0.106. The Morgan fingerprint density at radius 1 is 1.60 bits per heavy atom. The van der Waals surface area contributed by atoms with Gasteiger partial charge in [0, 0.05) is 30.5 Å². The van der Waals surface area contributed by atoms with E-state index in [1.165, 1.54) is 31.5 Å². The van der Waals surface area contributed by atoms with Crippen LogP contribution in [0.1, 0.15) is 37.9 Å². The summed E-state index contributed by atoms with van der Waals surface area (Å²) >= 11 is 0. The lowest BCUT2D eigenvalue weighted by Crippen LogP contribution is -2.45. The molecule has 0 bridgehead atoms. The zero-order chi connectivity index (χ0) is 10.7. The van der Waals surface area contributed by atoms with Gasteiger partial charge in [0.25, 0.3) is 0 Å². The highest BCUT2D eigenvalue weighted by Gasteiger charge is 2.26. The van der Waals surface area contributed by atoms with Crippen molar-refractivity contribution in [2.24, 2.45) is 5.73 Å². The second-order valence-corrected chi connectivity index (χ2v) is 4.42. The average Bonchev–Trinajstić information content (AvgIpc) is 2.81. The molecule has 1 aromatic rings. The molecule has 2 rings (SSSR count). The number of nitrogens with zero attached hydrogens (tertiary/aromatic N) is 1. The van der Waals surface area contributed by atoms with Crippen LogP contribution < -0.4 is 5.73 Å². The molecule has 0 spiro atoms. The van der Waals surface area contributed by atoms with Crippen molar-refractivity contribution < 1.29 is 0 Å². The fraction of sp³-hybridized carbons (Fsp3) is 0.667. The minimum atomic E-state index is 0.467. The minimum absolute atomic E-state index is 0.467. The molecule has 0 amide bonds. The van der Waals surface area contributed by atoms with Gasteiger partial charge in [0.1, 0.15) is 0 Å². The summed E-state index contributed by atoms with van der Waals surface area (Å²) in [5.74, 6) is 0. The van der Waals surface area contributed by atoms with Crippen molar-refractivity contribution in [1.29, 1.82) is 0 Å². The van der Waals surface area contributed by atoms with Crippen LogP contribution in [0.15, 0.2) is 18.3 Å². The van der Waals surface area contributed by atoms with Crippen LogP contribution in [0.25, 0.3) is 0 Å². The van der Waals surface area contributed by atoms with E-state index in [-0.39, 0.29) is 0 Å². The first-order valence-corrected chi connectivity index (χ1v) is 5.92. The minimum Gasteiger partial charge on any atom is -0.364 e. The smallest absolute Gasteiger partial charge is 0.0473 e. The Balaban J connectivity index is 2.07. The number of H-pyrrole nitrogens is 1. The fourth-order valence-electron chi connectivity index (χ4n) is 2.57. The summed E-state index contributed by atoms with van der Waals surface area (Å²) in [5.41, 5.74) is 7.13. The largest absolute Gasteiger partial charge is 0.364 e. The summed E-state index contributed by atoms with van der Waals surface area (Å²) in [4.78, 5) is 5.83. The third-order valence-corrected chi connectivity index (χ3v) is 3.51. The monoisotopic (exact) mass is 207 g/mol. The fourth-order valence-corrected chi connectivity index (χ4v) is 2.57.